The van der Waals surface area contributed by atoms with Crippen molar-refractivity contribution in [3.63, 3.8) is 0 Å². The average molecular weight is 286 g/mol. The number of fused-ring (bicyclic) bond motifs is 2. The van der Waals surface area contributed by atoms with Crippen molar-refractivity contribution in [3.05, 3.63) is 11.6 Å². The van der Waals surface area contributed by atoms with Crippen LogP contribution in [0.1, 0.15) is 79.1 Å². The van der Waals surface area contributed by atoms with Gasteiger partial charge >= 0.3 is 0 Å². The molecule has 0 aromatic carbocycles. The molecule has 1 nitrogen and oxygen atoms in total. The van der Waals surface area contributed by atoms with Crippen LogP contribution in [-0.4, -0.2) is 5.78 Å². The molecule has 4 aliphatic carbocycles. The molecule has 21 heavy (non-hydrogen) atoms. The summed E-state index contributed by atoms with van der Waals surface area (Å²) in [6.45, 7) is 9.83. The number of rotatable bonds is 0. The minimum Gasteiger partial charge on any atom is -0.294 e. The molecule has 1 spiro atoms. The lowest BCUT2D eigenvalue weighted by atomic mass is 9.40. The lowest BCUT2D eigenvalue weighted by Gasteiger charge is -2.64. The van der Waals surface area contributed by atoms with Crippen LogP contribution in [0.25, 0.3) is 0 Å². The monoisotopic (exact) mass is 286 g/mol. The Hall–Kier alpha value is -0.590. The van der Waals surface area contributed by atoms with Crippen molar-refractivity contribution >= 4 is 5.78 Å². The molecule has 0 unspecified atom stereocenters. The Kier molecular flexibility index (Phi) is 2.56. The molecule has 4 aliphatic rings. The summed E-state index contributed by atoms with van der Waals surface area (Å²) in [7, 11) is 0. The minimum absolute atomic E-state index is 0.0456. The second kappa shape index (κ2) is 3.84. The lowest BCUT2D eigenvalue weighted by molar-refractivity contribution is -0.130. The second-order valence-corrected chi connectivity index (χ2v) is 9.70. The first-order chi connectivity index (χ1) is 9.74. The molecular formula is C20H30O. The first-order valence-corrected chi connectivity index (χ1v) is 8.99. The number of hydrogen-bond donors (Lipinski definition) is 0. The average Bonchev–Trinajstić information content (AvgIpc) is 2.70. The quantitative estimate of drug-likeness (QED) is 0.590. The first kappa shape index (κ1) is 14.0. The van der Waals surface area contributed by atoms with Crippen molar-refractivity contribution in [1.29, 1.82) is 0 Å². The molecule has 2 bridgehead atoms. The van der Waals surface area contributed by atoms with E-state index >= 15 is 0 Å². The van der Waals surface area contributed by atoms with Crippen LogP contribution >= 0.6 is 0 Å². The van der Waals surface area contributed by atoms with Crippen molar-refractivity contribution in [3.8, 4) is 0 Å². The van der Waals surface area contributed by atoms with Gasteiger partial charge in [0.1, 0.15) is 0 Å². The molecule has 0 heterocycles. The molecule has 1 heteroatoms. The van der Waals surface area contributed by atoms with Crippen molar-refractivity contribution in [1.82, 2.24) is 0 Å². The maximum atomic E-state index is 12.5. The Bertz CT molecular complexity index is 542. The van der Waals surface area contributed by atoms with Crippen LogP contribution in [0.3, 0.4) is 0 Å². The van der Waals surface area contributed by atoms with E-state index in [9.17, 15) is 4.79 Å². The summed E-state index contributed by atoms with van der Waals surface area (Å²) in [5.74, 6) is 1.27. The van der Waals surface area contributed by atoms with E-state index in [-0.39, 0.29) is 5.41 Å². The van der Waals surface area contributed by atoms with Crippen molar-refractivity contribution in [2.75, 3.05) is 0 Å². The molecule has 3 fully saturated rings. The number of carbonyl (C=O) groups is 1. The van der Waals surface area contributed by atoms with Gasteiger partial charge in [0, 0.05) is 5.41 Å². The summed E-state index contributed by atoms with van der Waals surface area (Å²) in [6, 6.07) is 0. The lowest BCUT2D eigenvalue weighted by Crippen LogP contribution is -2.56. The van der Waals surface area contributed by atoms with E-state index in [4.69, 9.17) is 0 Å². The molecule has 116 valence electrons. The number of allylic oxidation sites excluding steroid dienone is 2. The maximum absolute atomic E-state index is 12.5. The van der Waals surface area contributed by atoms with Gasteiger partial charge in [-0.25, -0.2) is 0 Å². The third kappa shape index (κ3) is 1.51. The summed E-state index contributed by atoms with van der Waals surface area (Å²) in [5.41, 5.74) is 2.76. The highest BCUT2D eigenvalue weighted by molar-refractivity contribution is 5.97. The third-order valence-electron chi connectivity index (χ3n) is 8.34. The Morgan fingerprint density at radius 2 is 1.81 bits per heavy atom. The van der Waals surface area contributed by atoms with Gasteiger partial charge < -0.3 is 0 Å². The molecule has 0 radical (unpaired) electrons. The smallest absolute Gasteiger partial charge is 0.161 e. The highest BCUT2D eigenvalue weighted by Crippen LogP contribution is 2.74. The van der Waals surface area contributed by atoms with E-state index in [0.29, 0.717) is 22.0 Å². The van der Waals surface area contributed by atoms with Gasteiger partial charge in [-0.3, -0.25) is 4.79 Å². The number of ketones is 1. The van der Waals surface area contributed by atoms with Gasteiger partial charge in [0.25, 0.3) is 0 Å². The van der Waals surface area contributed by atoms with Crippen LogP contribution in [0.15, 0.2) is 11.6 Å². The van der Waals surface area contributed by atoms with Crippen LogP contribution < -0.4 is 0 Å². The zero-order valence-electron chi connectivity index (χ0n) is 14.2. The predicted molar refractivity (Wildman–Crippen MR) is 85.9 cm³/mol. The highest BCUT2D eigenvalue weighted by Gasteiger charge is 2.66. The van der Waals surface area contributed by atoms with Gasteiger partial charge in [-0.15, -0.1) is 0 Å². The van der Waals surface area contributed by atoms with Crippen molar-refractivity contribution in [2.45, 2.75) is 79.1 Å². The zero-order valence-corrected chi connectivity index (χ0v) is 14.2. The number of hydrogen-bond acceptors (Lipinski definition) is 1. The van der Waals surface area contributed by atoms with Crippen molar-refractivity contribution in [2.24, 2.45) is 27.6 Å². The zero-order chi connectivity index (χ0) is 15.1. The van der Waals surface area contributed by atoms with E-state index in [1.54, 1.807) is 5.57 Å². The summed E-state index contributed by atoms with van der Waals surface area (Å²) < 4.78 is 0. The van der Waals surface area contributed by atoms with E-state index < -0.39 is 0 Å². The van der Waals surface area contributed by atoms with Crippen LogP contribution in [-0.2, 0) is 4.79 Å². The fraction of sp³-hybridized carbons (Fsp3) is 0.850. The molecule has 0 amide bonds. The van der Waals surface area contributed by atoms with E-state index in [0.717, 1.165) is 18.8 Å². The Morgan fingerprint density at radius 1 is 1.05 bits per heavy atom. The minimum atomic E-state index is -0.0456. The first-order valence-electron chi connectivity index (χ1n) is 8.99. The van der Waals surface area contributed by atoms with Gasteiger partial charge in [0.05, 0.1) is 0 Å². The van der Waals surface area contributed by atoms with Crippen LogP contribution in [0.5, 0.6) is 0 Å². The van der Waals surface area contributed by atoms with Gasteiger partial charge in [0.2, 0.25) is 0 Å². The molecule has 0 aromatic rings. The van der Waals surface area contributed by atoms with E-state index in [1.165, 1.54) is 38.5 Å². The largest absolute Gasteiger partial charge is 0.294 e. The van der Waals surface area contributed by atoms with E-state index in [1.807, 2.05) is 0 Å². The van der Waals surface area contributed by atoms with Gasteiger partial charge in [-0.2, -0.15) is 0 Å². The molecule has 0 N–H and O–H groups in total. The van der Waals surface area contributed by atoms with Crippen LogP contribution in [0.4, 0.5) is 0 Å². The summed E-state index contributed by atoms with van der Waals surface area (Å²) in [5, 5.41) is 0. The Morgan fingerprint density at radius 3 is 2.57 bits per heavy atom. The van der Waals surface area contributed by atoms with Crippen LogP contribution in [0, 0.1) is 27.6 Å². The van der Waals surface area contributed by atoms with E-state index in [2.05, 4.69) is 33.8 Å². The standard InChI is InChI=1S/C20H30O/c1-17(2)8-5-9-19(4)15(17)7-6-14-12-16(21)18(3)10-11-20(14,19)13-18/h12,15H,5-11,13H2,1-4H3/t15-,18+,19-,20-/m0/s1. The molecule has 0 aromatic heterocycles. The molecule has 3 saturated carbocycles. The second-order valence-electron chi connectivity index (χ2n) is 9.70. The number of carbonyl (C=O) groups excluding carboxylic acids is 1. The van der Waals surface area contributed by atoms with Gasteiger partial charge in [-0.1, -0.05) is 39.7 Å². The topological polar surface area (TPSA) is 17.1 Å². The highest BCUT2D eigenvalue weighted by atomic mass is 16.1. The molecule has 4 rings (SSSR count). The summed E-state index contributed by atoms with van der Waals surface area (Å²) in [4.78, 5) is 12.5. The SMILES string of the molecule is CC1(C)CCC[C@@]2(C)[C@H]1CCC1=CC(=O)[C@]3(C)CC[C@]12C3. The third-order valence-corrected chi connectivity index (χ3v) is 8.34. The fourth-order valence-corrected chi connectivity index (χ4v) is 7.16. The summed E-state index contributed by atoms with van der Waals surface area (Å²) in [6.07, 6.45) is 12.3. The summed E-state index contributed by atoms with van der Waals surface area (Å²) >= 11 is 0. The molecule has 4 atom stereocenters. The van der Waals surface area contributed by atoms with Crippen molar-refractivity contribution < 1.29 is 4.79 Å². The molecular weight excluding hydrogens is 256 g/mol. The normalized spacial score (nSPS) is 51.1. The maximum Gasteiger partial charge on any atom is 0.161 e. The van der Waals surface area contributed by atoms with Gasteiger partial charge in [0.15, 0.2) is 5.78 Å². The molecule has 0 aliphatic heterocycles. The predicted octanol–water partition coefficient (Wildman–Crippen LogP) is 5.30. The Labute approximate surface area is 129 Å². The fourth-order valence-electron chi connectivity index (χ4n) is 7.16. The van der Waals surface area contributed by atoms with Gasteiger partial charge in [-0.05, 0) is 73.2 Å². The Balaban J connectivity index is 1.87. The van der Waals surface area contributed by atoms with Crippen LogP contribution in [0.2, 0.25) is 0 Å². The molecule has 0 saturated heterocycles.